The number of nitrogens with zero attached hydrogens (tertiary/aromatic N) is 1. The van der Waals surface area contributed by atoms with Crippen LogP contribution in [0.3, 0.4) is 0 Å². The van der Waals surface area contributed by atoms with E-state index in [4.69, 9.17) is 0 Å². The minimum absolute atomic E-state index is 0.187. The SMILES string of the molecule is Cc1cc(C#C[Si](C(C)C)(C(C)C)C(C)C)c(C(=O)Nc2cccc3cccnc23)c(C#C[Si](C(C)C)(C(C)C)C(C)C)c1. The number of rotatable bonds is 8. The number of nitrogens with one attached hydrogen (secondary N) is 1. The van der Waals surface area contributed by atoms with Crippen LogP contribution in [-0.4, -0.2) is 27.0 Å². The minimum atomic E-state index is -2.04. The van der Waals surface area contributed by atoms with Crippen molar-refractivity contribution in [2.24, 2.45) is 0 Å². The average Bonchev–Trinajstić information content (AvgIpc) is 2.92. The Hall–Kier alpha value is -3.13. The first-order valence-corrected chi connectivity index (χ1v) is 20.9. The zero-order valence-electron chi connectivity index (χ0n) is 29.4. The molecule has 0 atom stereocenters. The number of pyridine rings is 1. The molecule has 5 heteroatoms. The molecule has 0 aliphatic heterocycles. The molecular weight excluding hydrogens is 569 g/mol. The van der Waals surface area contributed by atoms with Gasteiger partial charge in [-0.05, 0) is 70.0 Å². The van der Waals surface area contributed by atoms with Gasteiger partial charge in [-0.2, -0.15) is 0 Å². The molecule has 3 rings (SSSR count). The minimum Gasteiger partial charge on any atom is -0.320 e. The van der Waals surface area contributed by atoms with Crippen molar-refractivity contribution < 1.29 is 4.79 Å². The van der Waals surface area contributed by atoms with Crippen LogP contribution < -0.4 is 5.32 Å². The van der Waals surface area contributed by atoms with Gasteiger partial charge in [-0.3, -0.25) is 9.78 Å². The van der Waals surface area contributed by atoms with E-state index < -0.39 is 16.1 Å². The summed E-state index contributed by atoms with van der Waals surface area (Å²) >= 11 is 0. The van der Waals surface area contributed by atoms with Gasteiger partial charge in [0.15, 0.2) is 0 Å². The van der Waals surface area contributed by atoms with E-state index in [0.29, 0.717) is 44.5 Å². The third kappa shape index (κ3) is 6.90. The van der Waals surface area contributed by atoms with Crippen molar-refractivity contribution in [3.63, 3.8) is 0 Å². The molecule has 0 fully saturated rings. The van der Waals surface area contributed by atoms with Gasteiger partial charge in [0.25, 0.3) is 5.91 Å². The maximum Gasteiger partial charge on any atom is 0.258 e. The summed E-state index contributed by atoms with van der Waals surface area (Å²) in [6, 6.07) is 14.0. The monoisotopic (exact) mass is 622 g/mol. The largest absolute Gasteiger partial charge is 0.320 e. The number of carbonyl (C=O) groups excluding carboxylic acids is 1. The lowest BCUT2D eigenvalue weighted by Gasteiger charge is -2.38. The van der Waals surface area contributed by atoms with Gasteiger partial charge in [0.05, 0.1) is 16.8 Å². The Labute approximate surface area is 270 Å². The van der Waals surface area contributed by atoms with Gasteiger partial charge in [0.1, 0.15) is 16.1 Å². The highest BCUT2D eigenvalue weighted by Gasteiger charge is 2.43. The number of fused-ring (bicyclic) bond motifs is 1. The molecule has 0 saturated carbocycles. The Kier molecular flexibility index (Phi) is 11.5. The molecule has 1 N–H and O–H groups in total. The zero-order valence-corrected chi connectivity index (χ0v) is 31.4. The molecule has 3 nitrogen and oxygen atoms in total. The number of hydrogen-bond acceptors (Lipinski definition) is 2. The third-order valence-corrected chi connectivity index (χ3v) is 22.5. The summed E-state index contributed by atoms with van der Waals surface area (Å²) in [6.07, 6.45) is 1.76. The summed E-state index contributed by atoms with van der Waals surface area (Å²) in [4.78, 5) is 19.0. The Bertz CT molecular complexity index is 1490. The molecule has 1 aromatic heterocycles. The number of carbonyl (C=O) groups is 1. The second kappa shape index (κ2) is 14.3. The van der Waals surface area contributed by atoms with E-state index >= 15 is 0 Å². The van der Waals surface area contributed by atoms with Crippen LogP contribution in [0, 0.1) is 29.9 Å². The first-order valence-electron chi connectivity index (χ1n) is 16.5. The number of hydrogen-bond donors (Lipinski definition) is 1. The van der Waals surface area contributed by atoms with Crippen molar-refractivity contribution in [1.29, 1.82) is 0 Å². The first kappa shape index (κ1) is 35.4. The van der Waals surface area contributed by atoms with E-state index in [1.165, 1.54) is 0 Å². The van der Waals surface area contributed by atoms with Crippen LogP contribution in [0.2, 0.25) is 33.2 Å². The number of anilines is 1. The molecule has 1 heterocycles. The fraction of sp³-hybridized carbons (Fsp3) is 0.487. The molecule has 0 bridgehead atoms. The normalized spacial score (nSPS) is 12.2. The summed E-state index contributed by atoms with van der Waals surface area (Å²) in [5, 5.41) is 4.20. The standard InChI is InChI=1S/C39H54N2OSi2/c1-26(2)43(27(3)4,28(5)6)22-19-34-24-32(13)25-35(20-23-44(29(7)8,30(9)10)31(11)12)37(34)39(42)41-36-18-14-16-33-17-15-21-40-38(33)36/h14-18,21,24-31H,1-13H3,(H,41,42). The van der Waals surface area contributed by atoms with Crippen molar-refractivity contribution in [1.82, 2.24) is 4.98 Å². The molecule has 0 saturated heterocycles. The summed E-state index contributed by atoms with van der Waals surface area (Å²) in [7, 11) is -4.08. The quantitative estimate of drug-likeness (QED) is 0.201. The molecule has 0 radical (unpaired) electrons. The highest BCUT2D eigenvalue weighted by Crippen LogP contribution is 2.42. The lowest BCUT2D eigenvalue weighted by molar-refractivity contribution is 0.102. The Morgan fingerprint density at radius 1 is 0.682 bits per heavy atom. The lowest BCUT2D eigenvalue weighted by atomic mass is 9.97. The van der Waals surface area contributed by atoms with Crippen LogP contribution >= 0.6 is 0 Å². The second-order valence-electron chi connectivity index (χ2n) is 14.4. The van der Waals surface area contributed by atoms with Gasteiger partial charge in [0.2, 0.25) is 0 Å². The van der Waals surface area contributed by atoms with Gasteiger partial charge in [-0.25, -0.2) is 0 Å². The van der Waals surface area contributed by atoms with Gasteiger partial charge in [-0.1, -0.05) is 113 Å². The number of aromatic nitrogens is 1. The van der Waals surface area contributed by atoms with Crippen LogP contribution in [-0.2, 0) is 0 Å². The van der Waals surface area contributed by atoms with Crippen molar-refractivity contribution in [3.05, 3.63) is 70.9 Å². The average molecular weight is 623 g/mol. The number of aryl methyl sites for hydroxylation is 1. The third-order valence-electron chi connectivity index (χ3n) is 9.95. The maximum atomic E-state index is 14.4. The fourth-order valence-corrected chi connectivity index (χ4v) is 18.3. The summed E-state index contributed by atoms with van der Waals surface area (Å²) in [6.45, 7) is 30.0. The van der Waals surface area contributed by atoms with Gasteiger partial charge in [-0.15, -0.1) is 11.1 Å². The highest BCUT2D eigenvalue weighted by atomic mass is 28.3. The van der Waals surface area contributed by atoms with Crippen LogP contribution in [0.15, 0.2) is 48.7 Å². The predicted molar refractivity (Wildman–Crippen MR) is 197 cm³/mol. The van der Waals surface area contributed by atoms with E-state index in [9.17, 15) is 4.79 Å². The van der Waals surface area contributed by atoms with Gasteiger partial charge in [0, 0.05) is 22.7 Å². The van der Waals surface area contributed by atoms with Crippen LogP contribution in [0.25, 0.3) is 10.9 Å². The van der Waals surface area contributed by atoms with Crippen LogP contribution in [0.5, 0.6) is 0 Å². The molecule has 2 aromatic carbocycles. The second-order valence-corrected chi connectivity index (χ2v) is 25.5. The summed E-state index contributed by atoms with van der Waals surface area (Å²) in [5.74, 6) is 7.07. The molecule has 0 aliphatic rings. The number of para-hydroxylation sites is 1. The molecule has 44 heavy (non-hydrogen) atoms. The van der Waals surface area contributed by atoms with E-state index in [0.717, 1.165) is 27.6 Å². The van der Waals surface area contributed by atoms with Crippen molar-refractivity contribution in [2.75, 3.05) is 5.32 Å². The molecule has 3 aromatic rings. The van der Waals surface area contributed by atoms with E-state index in [1.807, 2.05) is 30.3 Å². The molecule has 1 amide bonds. The van der Waals surface area contributed by atoms with Gasteiger partial charge < -0.3 is 5.32 Å². The molecule has 0 unspecified atom stereocenters. The van der Waals surface area contributed by atoms with Crippen LogP contribution in [0.1, 0.15) is 110 Å². The van der Waals surface area contributed by atoms with E-state index in [1.54, 1.807) is 6.20 Å². The summed E-state index contributed by atoms with van der Waals surface area (Å²) < 4.78 is 0. The molecule has 0 aliphatic carbocycles. The van der Waals surface area contributed by atoms with E-state index in [-0.39, 0.29) is 5.91 Å². The molecule has 0 spiro atoms. The Morgan fingerprint density at radius 3 is 1.55 bits per heavy atom. The van der Waals surface area contributed by atoms with Crippen molar-refractivity contribution in [2.45, 2.75) is 123 Å². The van der Waals surface area contributed by atoms with Crippen molar-refractivity contribution >= 4 is 38.6 Å². The van der Waals surface area contributed by atoms with E-state index in [2.05, 4.69) is 135 Å². The Balaban J connectivity index is 2.36. The highest BCUT2D eigenvalue weighted by molar-refractivity contribution is 6.91. The number of benzene rings is 2. The topological polar surface area (TPSA) is 42.0 Å². The maximum absolute atomic E-state index is 14.4. The number of amides is 1. The predicted octanol–water partition coefficient (Wildman–Crippen LogP) is 10.9. The smallest absolute Gasteiger partial charge is 0.258 e. The summed E-state index contributed by atoms with van der Waals surface area (Å²) in [5.41, 5.74) is 15.3. The van der Waals surface area contributed by atoms with Gasteiger partial charge >= 0.3 is 0 Å². The Morgan fingerprint density at radius 2 is 1.11 bits per heavy atom. The fourth-order valence-electron chi connectivity index (χ4n) is 7.84. The van der Waals surface area contributed by atoms with Crippen LogP contribution in [0.4, 0.5) is 5.69 Å². The molecule has 234 valence electrons. The first-order chi connectivity index (χ1) is 20.6. The van der Waals surface area contributed by atoms with Crippen molar-refractivity contribution in [3.8, 4) is 22.9 Å². The molecular formula is C39H54N2OSi2. The lowest BCUT2D eigenvalue weighted by Crippen LogP contribution is -2.43. The zero-order chi connectivity index (χ0) is 33.0.